The number of H-pyrrole nitrogens is 1. The summed E-state index contributed by atoms with van der Waals surface area (Å²) in [6, 6.07) is 1.89. The molecule has 0 aliphatic carbocycles. The van der Waals surface area contributed by atoms with E-state index in [9.17, 15) is 9.59 Å². The van der Waals surface area contributed by atoms with Gasteiger partial charge in [0.1, 0.15) is 0 Å². The van der Waals surface area contributed by atoms with Gasteiger partial charge in [-0.1, -0.05) is 20.8 Å². The SMILES string of the molecule is CC(C)(C)CNC(=O)N1CCCN(C(=O)Cc2cc[nH]c2)CC1. The number of nitrogens with zero attached hydrogens (tertiary/aromatic N) is 2. The predicted octanol–water partition coefficient (Wildman–Crippen LogP) is 1.85. The number of aromatic nitrogens is 1. The third kappa shape index (κ3) is 5.62. The zero-order valence-corrected chi connectivity index (χ0v) is 14.4. The number of carbonyl (C=O) groups is 2. The molecule has 2 N–H and O–H groups in total. The second kappa shape index (κ2) is 7.53. The molecule has 128 valence electrons. The van der Waals surface area contributed by atoms with Crippen LogP contribution in [0.4, 0.5) is 4.79 Å². The minimum atomic E-state index is -0.0279. The summed E-state index contributed by atoms with van der Waals surface area (Å²) in [7, 11) is 0. The van der Waals surface area contributed by atoms with Crippen molar-refractivity contribution in [1.29, 1.82) is 0 Å². The number of aromatic amines is 1. The van der Waals surface area contributed by atoms with Gasteiger partial charge in [0.25, 0.3) is 0 Å². The highest BCUT2D eigenvalue weighted by atomic mass is 16.2. The van der Waals surface area contributed by atoms with Crippen molar-refractivity contribution < 1.29 is 9.59 Å². The van der Waals surface area contributed by atoms with Crippen LogP contribution < -0.4 is 5.32 Å². The molecule has 2 rings (SSSR count). The maximum atomic E-state index is 12.3. The lowest BCUT2D eigenvalue weighted by Gasteiger charge is -2.25. The molecule has 0 radical (unpaired) electrons. The van der Waals surface area contributed by atoms with E-state index in [-0.39, 0.29) is 17.4 Å². The second-order valence-electron chi connectivity index (χ2n) is 7.34. The van der Waals surface area contributed by atoms with Crippen molar-refractivity contribution >= 4 is 11.9 Å². The van der Waals surface area contributed by atoms with Crippen molar-refractivity contribution in [2.45, 2.75) is 33.6 Å². The van der Waals surface area contributed by atoms with Crippen LogP contribution in [0, 0.1) is 5.41 Å². The molecule has 6 nitrogen and oxygen atoms in total. The van der Waals surface area contributed by atoms with Crippen molar-refractivity contribution in [3.8, 4) is 0 Å². The van der Waals surface area contributed by atoms with Gasteiger partial charge in [-0.05, 0) is 23.5 Å². The Bertz CT molecular complexity index is 519. The smallest absolute Gasteiger partial charge is 0.317 e. The van der Waals surface area contributed by atoms with Crippen molar-refractivity contribution in [3.05, 3.63) is 24.0 Å². The van der Waals surface area contributed by atoms with Crippen LogP contribution in [0.1, 0.15) is 32.8 Å². The Morgan fingerprint density at radius 1 is 1.17 bits per heavy atom. The van der Waals surface area contributed by atoms with Gasteiger partial charge < -0.3 is 20.1 Å². The average molecular weight is 320 g/mol. The van der Waals surface area contributed by atoms with Crippen molar-refractivity contribution in [2.24, 2.45) is 5.41 Å². The summed E-state index contributed by atoms with van der Waals surface area (Å²) >= 11 is 0. The van der Waals surface area contributed by atoms with E-state index in [1.165, 1.54) is 0 Å². The highest BCUT2D eigenvalue weighted by Gasteiger charge is 2.23. The van der Waals surface area contributed by atoms with Gasteiger partial charge >= 0.3 is 6.03 Å². The molecular formula is C17H28N4O2. The first-order valence-electron chi connectivity index (χ1n) is 8.27. The Morgan fingerprint density at radius 3 is 2.52 bits per heavy atom. The van der Waals surface area contributed by atoms with Gasteiger partial charge in [-0.2, -0.15) is 0 Å². The first kappa shape index (κ1) is 17.4. The van der Waals surface area contributed by atoms with Crippen molar-refractivity contribution in [3.63, 3.8) is 0 Å². The third-order valence-electron chi connectivity index (χ3n) is 3.92. The molecule has 0 spiro atoms. The molecule has 23 heavy (non-hydrogen) atoms. The number of urea groups is 1. The van der Waals surface area contributed by atoms with Gasteiger partial charge in [0.15, 0.2) is 0 Å². The molecule has 0 unspecified atom stereocenters. The topological polar surface area (TPSA) is 68.4 Å². The van der Waals surface area contributed by atoms with Crippen LogP contribution in [-0.4, -0.2) is 59.4 Å². The van der Waals surface area contributed by atoms with Crippen LogP contribution in [0.5, 0.6) is 0 Å². The fourth-order valence-corrected chi connectivity index (χ4v) is 2.58. The van der Waals surface area contributed by atoms with Crippen LogP contribution in [0.2, 0.25) is 0 Å². The summed E-state index contributed by atoms with van der Waals surface area (Å²) in [6.07, 6.45) is 4.91. The van der Waals surface area contributed by atoms with Crippen LogP contribution in [0.3, 0.4) is 0 Å². The van der Waals surface area contributed by atoms with Crippen LogP contribution in [-0.2, 0) is 11.2 Å². The molecule has 6 heteroatoms. The quantitative estimate of drug-likeness (QED) is 0.892. The monoisotopic (exact) mass is 320 g/mol. The summed E-state index contributed by atoms with van der Waals surface area (Å²) in [4.78, 5) is 31.2. The first-order valence-corrected chi connectivity index (χ1v) is 8.27. The number of nitrogens with one attached hydrogen (secondary N) is 2. The fraction of sp³-hybridized carbons (Fsp3) is 0.647. The summed E-state index contributed by atoms with van der Waals surface area (Å²) in [6.45, 7) is 9.54. The van der Waals surface area contributed by atoms with Crippen molar-refractivity contribution in [1.82, 2.24) is 20.1 Å². The lowest BCUT2D eigenvalue weighted by molar-refractivity contribution is -0.130. The lowest BCUT2D eigenvalue weighted by Crippen LogP contribution is -2.45. The minimum absolute atomic E-state index is 0.0279. The highest BCUT2D eigenvalue weighted by Crippen LogP contribution is 2.11. The van der Waals surface area contributed by atoms with Gasteiger partial charge in [0.05, 0.1) is 6.42 Å². The van der Waals surface area contributed by atoms with E-state index in [0.29, 0.717) is 39.1 Å². The summed E-state index contributed by atoms with van der Waals surface area (Å²) in [5.74, 6) is 0.126. The molecule has 1 saturated heterocycles. The molecule has 0 atom stereocenters. The van der Waals surface area contributed by atoms with Gasteiger partial charge in [0, 0.05) is 45.1 Å². The Hall–Kier alpha value is -1.98. The summed E-state index contributed by atoms with van der Waals surface area (Å²) < 4.78 is 0. The normalized spacial score (nSPS) is 16.1. The summed E-state index contributed by atoms with van der Waals surface area (Å²) in [5, 5.41) is 2.98. The Labute approximate surface area is 138 Å². The van der Waals surface area contributed by atoms with E-state index in [2.05, 4.69) is 31.1 Å². The molecule has 1 aliphatic heterocycles. The highest BCUT2D eigenvalue weighted by molar-refractivity contribution is 5.79. The number of amides is 3. The zero-order valence-electron chi connectivity index (χ0n) is 14.4. The largest absolute Gasteiger partial charge is 0.367 e. The van der Waals surface area contributed by atoms with E-state index >= 15 is 0 Å². The molecule has 2 heterocycles. The van der Waals surface area contributed by atoms with Crippen LogP contribution in [0.25, 0.3) is 0 Å². The predicted molar refractivity (Wildman–Crippen MR) is 90.1 cm³/mol. The van der Waals surface area contributed by atoms with Gasteiger partial charge in [-0.3, -0.25) is 4.79 Å². The minimum Gasteiger partial charge on any atom is -0.367 e. The molecule has 0 saturated carbocycles. The van der Waals surface area contributed by atoms with Crippen LogP contribution >= 0.6 is 0 Å². The molecular weight excluding hydrogens is 292 g/mol. The second-order valence-corrected chi connectivity index (χ2v) is 7.34. The maximum absolute atomic E-state index is 12.3. The number of carbonyl (C=O) groups excluding carboxylic acids is 2. The molecule has 3 amide bonds. The Kier molecular flexibility index (Phi) is 5.69. The van der Waals surface area contributed by atoms with E-state index in [0.717, 1.165) is 12.0 Å². The zero-order chi connectivity index (χ0) is 16.9. The van der Waals surface area contributed by atoms with E-state index in [1.54, 1.807) is 0 Å². The summed E-state index contributed by atoms with van der Waals surface area (Å²) in [5.41, 5.74) is 1.07. The maximum Gasteiger partial charge on any atom is 0.317 e. The van der Waals surface area contributed by atoms with Crippen molar-refractivity contribution in [2.75, 3.05) is 32.7 Å². The third-order valence-corrected chi connectivity index (χ3v) is 3.92. The standard InChI is InChI=1S/C17H28N4O2/c1-17(2,3)13-19-16(23)21-8-4-7-20(9-10-21)15(22)11-14-5-6-18-12-14/h5-6,12,18H,4,7-11,13H2,1-3H3,(H,19,23). The van der Waals surface area contributed by atoms with Gasteiger partial charge in [-0.15, -0.1) is 0 Å². The molecule has 1 aliphatic rings. The van der Waals surface area contributed by atoms with E-state index < -0.39 is 0 Å². The fourth-order valence-electron chi connectivity index (χ4n) is 2.58. The van der Waals surface area contributed by atoms with Crippen LogP contribution in [0.15, 0.2) is 18.5 Å². The molecule has 0 aromatic carbocycles. The number of hydrogen-bond acceptors (Lipinski definition) is 2. The first-order chi connectivity index (χ1) is 10.8. The Morgan fingerprint density at radius 2 is 1.87 bits per heavy atom. The van der Waals surface area contributed by atoms with E-state index in [4.69, 9.17) is 0 Å². The molecule has 1 aromatic rings. The number of hydrogen-bond donors (Lipinski definition) is 2. The van der Waals surface area contributed by atoms with E-state index in [1.807, 2.05) is 28.3 Å². The lowest BCUT2D eigenvalue weighted by atomic mass is 9.97. The Balaban J connectivity index is 1.82. The number of rotatable bonds is 3. The molecule has 1 aromatic heterocycles. The molecule has 0 bridgehead atoms. The molecule has 1 fully saturated rings. The average Bonchev–Trinajstić information content (AvgIpc) is 2.85. The van der Waals surface area contributed by atoms with Gasteiger partial charge in [-0.25, -0.2) is 4.79 Å². The van der Waals surface area contributed by atoms with Gasteiger partial charge in [0.2, 0.25) is 5.91 Å².